The zero-order valence-electron chi connectivity index (χ0n) is 10.2. The second-order valence-electron chi connectivity index (χ2n) is 4.51. The number of aromatic nitrogens is 1. The van der Waals surface area contributed by atoms with Gasteiger partial charge in [0, 0.05) is 13.1 Å². The largest absolute Gasteiger partial charge is 0.438 e. The van der Waals surface area contributed by atoms with Crippen molar-refractivity contribution in [3.63, 3.8) is 0 Å². The quantitative estimate of drug-likeness (QED) is 0.770. The predicted octanol–water partition coefficient (Wildman–Crippen LogP) is 2.18. The summed E-state index contributed by atoms with van der Waals surface area (Å²) in [6.07, 6.45) is 2.22. The standard InChI is InChI=1S/C14H14N2O2/c1-10-13(18-9-15-10)14(17)16-7-6-11-4-2-3-5-12(11)8-16/h2-5,9H,6-8H2,1H3. The van der Waals surface area contributed by atoms with Crippen molar-refractivity contribution in [2.45, 2.75) is 19.9 Å². The van der Waals surface area contributed by atoms with E-state index in [4.69, 9.17) is 4.42 Å². The molecular weight excluding hydrogens is 228 g/mol. The fraction of sp³-hybridized carbons (Fsp3) is 0.286. The van der Waals surface area contributed by atoms with Crippen LogP contribution in [-0.2, 0) is 13.0 Å². The number of nitrogens with zero attached hydrogens (tertiary/aromatic N) is 2. The molecule has 0 fully saturated rings. The molecule has 1 aromatic carbocycles. The van der Waals surface area contributed by atoms with Gasteiger partial charge in [0.2, 0.25) is 5.76 Å². The normalized spacial score (nSPS) is 14.4. The van der Waals surface area contributed by atoms with E-state index >= 15 is 0 Å². The van der Waals surface area contributed by atoms with Crippen LogP contribution in [0, 0.1) is 6.92 Å². The Balaban J connectivity index is 1.84. The van der Waals surface area contributed by atoms with E-state index in [-0.39, 0.29) is 5.91 Å². The van der Waals surface area contributed by atoms with Crippen molar-refractivity contribution in [3.05, 3.63) is 53.2 Å². The number of rotatable bonds is 1. The van der Waals surface area contributed by atoms with Crippen molar-refractivity contribution in [2.75, 3.05) is 6.54 Å². The van der Waals surface area contributed by atoms with Crippen LogP contribution >= 0.6 is 0 Å². The molecule has 1 aromatic heterocycles. The Morgan fingerprint density at radius 3 is 2.83 bits per heavy atom. The number of carbonyl (C=O) groups excluding carboxylic acids is 1. The van der Waals surface area contributed by atoms with Gasteiger partial charge >= 0.3 is 0 Å². The lowest BCUT2D eigenvalue weighted by Crippen LogP contribution is -2.36. The molecule has 0 radical (unpaired) electrons. The summed E-state index contributed by atoms with van der Waals surface area (Å²) in [5.41, 5.74) is 3.20. The van der Waals surface area contributed by atoms with Crippen LogP contribution < -0.4 is 0 Å². The minimum absolute atomic E-state index is 0.0699. The smallest absolute Gasteiger partial charge is 0.291 e. The van der Waals surface area contributed by atoms with Crippen LogP contribution in [0.3, 0.4) is 0 Å². The number of hydrogen-bond donors (Lipinski definition) is 0. The molecule has 0 saturated carbocycles. The Morgan fingerprint density at radius 1 is 1.33 bits per heavy atom. The highest BCUT2D eigenvalue weighted by atomic mass is 16.3. The van der Waals surface area contributed by atoms with E-state index < -0.39 is 0 Å². The summed E-state index contributed by atoms with van der Waals surface area (Å²) in [6.45, 7) is 3.17. The van der Waals surface area contributed by atoms with Crippen molar-refractivity contribution >= 4 is 5.91 Å². The lowest BCUT2D eigenvalue weighted by molar-refractivity contribution is 0.0701. The van der Waals surface area contributed by atoms with E-state index in [1.807, 2.05) is 17.0 Å². The van der Waals surface area contributed by atoms with E-state index in [0.717, 1.165) is 13.0 Å². The van der Waals surface area contributed by atoms with E-state index in [1.165, 1.54) is 17.5 Å². The predicted molar refractivity (Wildman–Crippen MR) is 66.1 cm³/mol. The lowest BCUT2D eigenvalue weighted by Gasteiger charge is -2.28. The molecule has 4 heteroatoms. The van der Waals surface area contributed by atoms with Gasteiger partial charge in [-0.2, -0.15) is 0 Å². The molecule has 4 nitrogen and oxygen atoms in total. The number of aryl methyl sites for hydroxylation is 1. The van der Waals surface area contributed by atoms with Crippen molar-refractivity contribution < 1.29 is 9.21 Å². The summed E-state index contributed by atoms with van der Waals surface area (Å²) in [6, 6.07) is 8.24. The zero-order chi connectivity index (χ0) is 12.5. The fourth-order valence-corrected chi connectivity index (χ4v) is 2.32. The molecule has 0 N–H and O–H groups in total. The monoisotopic (exact) mass is 242 g/mol. The Labute approximate surface area is 105 Å². The molecule has 1 amide bonds. The Hall–Kier alpha value is -2.10. The second-order valence-corrected chi connectivity index (χ2v) is 4.51. The number of carbonyl (C=O) groups is 1. The van der Waals surface area contributed by atoms with Gasteiger partial charge in [-0.3, -0.25) is 4.79 Å². The van der Waals surface area contributed by atoms with E-state index in [2.05, 4.69) is 17.1 Å². The summed E-state index contributed by atoms with van der Waals surface area (Å²) in [5.74, 6) is 0.286. The highest BCUT2D eigenvalue weighted by molar-refractivity contribution is 5.92. The highest BCUT2D eigenvalue weighted by Crippen LogP contribution is 2.20. The SMILES string of the molecule is Cc1ncoc1C(=O)N1CCc2ccccc2C1. The van der Waals surface area contributed by atoms with Crippen molar-refractivity contribution in [2.24, 2.45) is 0 Å². The first kappa shape index (κ1) is 11.0. The van der Waals surface area contributed by atoms with Crippen LogP contribution in [0.2, 0.25) is 0 Å². The maximum atomic E-state index is 12.3. The van der Waals surface area contributed by atoms with Crippen LogP contribution in [0.4, 0.5) is 0 Å². The average molecular weight is 242 g/mol. The number of hydrogen-bond acceptors (Lipinski definition) is 3. The topological polar surface area (TPSA) is 46.3 Å². The molecule has 92 valence electrons. The number of benzene rings is 1. The average Bonchev–Trinajstić information content (AvgIpc) is 2.83. The molecule has 1 aliphatic heterocycles. The molecule has 0 spiro atoms. The molecule has 0 bridgehead atoms. The van der Waals surface area contributed by atoms with Gasteiger partial charge in [-0.1, -0.05) is 24.3 Å². The van der Waals surface area contributed by atoms with Gasteiger partial charge < -0.3 is 9.32 Å². The molecule has 0 aliphatic carbocycles. The second kappa shape index (κ2) is 4.29. The Kier molecular flexibility index (Phi) is 2.63. The van der Waals surface area contributed by atoms with E-state index in [0.29, 0.717) is 18.0 Å². The third-order valence-electron chi connectivity index (χ3n) is 3.36. The first-order chi connectivity index (χ1) is 8.75. The molecule has 0 unspecified atom stereocenters. The third kappa shape index (κ3) is 1.79. The number of fused-ring (bicyclic) bond motifs is 1. The number of amides is 1. The van der Waals surface area contributed by atoms with Crippen LogP contribution in [0.1, 0.15) is 27.4 Å². The lowest BCUT2D eigenvalue weighted by atomic mass is 10.00. The van der Waals surface area contributed by atoms with Gasteiger partial charge in [-0.25, -0.2) is 4.98 Å². The molecule has 18 heavy (non-hydrogen) atoms. The molecule has 3 rings (SSSR count). The van der Waals surface area contributed by atoms with E-state index in [1.54, 1.807) is 6.92 Å². The van der Waals surface area contributed by atoms with Crippen LogP contribution in [0.5, 0.6) is 0 Å². The summed E-state index contributed by atoms with van der Waals surface area (Å²) in [4.78, 5) is 18.1. The molecule has 1 aliphatic rings. The highest BCUT2D eigenvalue weighted by Gasteiger charge is 2.24. The molecule has 0 atom stereocenters. The van der Waals surface area contributed by atoms with Gasteiger partial charge in [0.15, 0.2) is 6.39 Å². The first-order valence-corrected chi connectivity index (χ1v) is 6.02. The maximum Gasteiger partial charge on any atom is 0.291 e. The van der Waals surface area contributed by atoms with Crippen molar-refractivity contribution in [1.82, 2.24) is 9.88 Å². The van der Waals surface area contributed by atoms with Crippen LogP contribution in [0.25, 0.3) is 0 Å². The van der Waals surface area contributed by atoms with E-state index in [9.17, 15) is 4.79 Å². The molecule has 0 saturated heterocycles. The van der Waals surface area contributed by atoms with Gasteiger partial charge in [0.1, 0.15) is 0 Å². The van der Waals surface area contributed by atoms with Crippen LogP contribution in [0.15, 0.2) is 35.1 Å². The minimum Gasteiger partial charge on any atom is -0.438 e. The maximum absolute atomic E-state index is 12.3. The Morgan fingerprint density at radius 2 is 2.11 bits per heavy atom. The fourth-order valence-electron chi connectivity index (χ4n) is 2.32. The molecule has 2 heterocycles. The molecule has 2 aromatic rings. The summed E-state index contributed by atoms with van der Waals surface area (Å²) in [7, 11) is 0. The van der Waals surface area contributed by atoms with Crippen LogP contribution in [-0.4, -0.2) is 22.3 Å². The van der Waals surface area contributed by atoms with Gasteiger partial charge in [-0.15, -0.1) is 0 Å². The van der Waals surface area contributed by atoms with Gasteiger partial charge in [-0.05, 0) is 24.5 Å². The Bertz CT molecular complexity index is 589. The minimum atomic E-state index is -0.0699. The third-order valence-corrected chi connectivity index (χ3v) is 3.36. The van der Waals surface area contributed by atoms with Gasteiger partial charge in [0.25, 0.3) is 5.91 Å². The summed E-state index contributed by atoms with van der Waals surface area (Å²) < 4.78 is 5.16. The van der Waals surface area contributed by atoms with Gasteiger partial charge in [0.05, 0.1) is 5.69 Å². The summed E-state index contributed by atoms with van der Waals surface area (Å²) in [5, 5.41) is 0. The van der Waals surface area contributed by atoms with Crippen molar-refractivity contribution in [1.29, 1.82) is 0 Å². The first-order valence-electron chi connectivity index (χ1n) is 6.02. The summed E-state index contributed by atoms with van der Waals surface area (Å²) >= 11 is 0. The zero-order valence-corrected chi connectivity index (χ0v) is 10.2. The number of oxazole rings is 1. The van der Waals surface area contributed by atoms with Crippen molar-refractivity contribution in [3.8, 4) is 0 Å². The molecular formula is C14H14N2O2.